The van der Waals surface area contributed by atoms with E-state index in [-0.39, 0.29) is 43.1 Å². The van der Waals surface area contributed by atoms with Gasteiger partial charge in [0.1, 0.15) is 5.82 Å². The molecule has 3 heterocycles. The van der Waals surface area contributed by atoms with Crippen molar-refractivity contribution in [2.24, 2.45) is 5.92 Å². The maximum atomic E-state index is 14.1. The molecule has 36 heavy (non-hydrogen) atoms. The Morgan fingerprint density at radius 2 is 1.92 bits per heavy atom. The molecule has 3 aromatic rings. The Bertz CT molecular complexity index is 1410. The number of ether oxygens (including phenoxy) is 2. The van der Waals surface area contributed by atoms with Gasteiger partial charge < -0.3 is 24.4 Å². The van der Waals surface area contributed by atoms with Crippen molar-refractivity contribution in [2.75, 3.05) is 31.9 Å². The van der Waals surface area contributed by atoms with Crippen molar-refractivity contribution in [3.05, 3.63) is 88.7 Å². The maximum absolute atomic E-state index is 14.1. The fourth-order valence-electron chi connectivity index (χ4n) is 5.66. The predicted octanol–water partition coefficient (Wildman–Crippen LogP) is 3.97. The van der Waals surface area contributed by atoms with Gasteiger partial charge in [0, 0.05) is 36.3 Å². The highest BCUT2D eigenvalue weighted by Crippen LogP contribution is 2.49. The normalized spacial score (nSPS) is 21.5. The van der Waals surface area contributed by atoms with E-state index in [0.29, 0.717) is 29.2 Å². The fraction of sp³-hybridized carbons (Fsp3) is 0.276. The molecule has 3 atom stereocenters. The highest BCUT2D eigenvalue weighted by Gasteiger charge is 2.47. The van der Waals surface area contributed by atoms with Gasteiger partial charge in [0.2, 0.25) is 6.79 Å². The molecule has 0 aromatic heterocycles. The van der Waals surface area contributed by atoms with Crippen molar-refractivity contribution in [3.8, 4) is 23.3 Å². The zero-order chi connectivity index (χ0) is 24.8. The van der Waals surface area contributed by atoms with Gasteiger partial charge in [-0.15, -0.1) is 0 Å². The molecule has 7 heteroatoms. The average molecular weight is 485 g/mol. The summed E-state index contributed by atoms with van der Waals surface area (Å²) in [5.41, 5.74) is 3.56. The molecular formula is C29H25FN2O4. The number of halogens is 1. The molecule has 3 aromatic carbocycles. The molecule has 1 N–H and O–H groups in total. The Labute approximate surface area is 208 Å². The smallest absolute Gasteiger partial charge is 0.254 e. The number of hydrogen-bond donors (Lipinski definition) is 1. The number of aliphatic hydroxyl groups excluding tert-OH is 1. The average Bonchev–Trinajstić information content (AvgIpc) is 3.55. The number of carbonyl (C=O) groups excluding carboxylic acids is 1. The number of benzene rings is 3. The first-order chi connectivity index (χ1) is 17.5. The van der Waals surface area contributed by atoms with E-state index in [1.807, 2.05) is 30.1 Å². The van der Waals surface area contributed by atoms with Crippen LogP contribution in [0.1, 0.15) is 39.5 Å². The zero-order valence-electron chi connectivity index (χ0n) is 19.8. The maximum Gasteiger partial charge on any atom is 0.254 e. The van der Waals surface area contributed by atoms with Crippen molar-refractivity contribution < 1.29 is 23.8 Å². The van der Waals surface area contributed by atoms with Crippen LogP contribution in [0.2, 0.25) is 0 Å². The Morgan fingerprint density at radius 3 is 2.75 bits per heavy atom. The second-order valence-corrected chi connectivity index (χ2v) is 9.33. The molecule has 1 saturated heterocycles. The van der Waals surface area contributed by atoms with Crippen LogP contribution in [-0.4, -0.2) is 48.9 Å². The summed E-state index contributed by atoms with van der Waals surface area (Å²) >= 11 is 0. The SMILES string of the molecule is CN1c2ccc(C#Cc3ccccc3F)cc2[C@H]2[C@H](CCN2C(=O)c2ccc3c(c2)OCO3)[C@@H]1CO. The number of likely N-dealkylation sites (N-methyl/N-ethyl adjacent to an activating group) is 1. The Hall–Kier alpha value is -4.02. The van der Waals surface area contributed by atoms with Gasteiger partial charge in [-0.2, -0.15) is 0 Å². The van der Waals surface area contributed by atoms with Crippen LogP contribution in [0, 0.1) is 23.6 Å². The molecule has 1 amide bonds. The third kappa shape index (κ3) is 3.66. The van der Waals surface area contributed by atoms with Crippen molar-refractivity contribution in [3.63, 3.8) is 0 Å². The first-order valence-electron chi connectivity index (χ1n) is 12.0. The number of carbonyl (C=O) groups is 1. The summed E-state index contributed by atoms with van der Waals surface area (Å²) in [7, 11) is 1.98. The number of rotatable bonds is 2. The van der Waals surface area contributed by atoms with E-state index in [9.17, 15) is 14.3 Å². The second-order valence-electron chi connectivity index (χ2n) is 9.33. The molecule has 3 aliphatic heterocycles. The Balaban J connectivity index is 1.39. The monoisotopic (exact) mass is 484 g/mol. The Kier molecular flexibility index (Phi) is 5.54. The molecule has 182 valence electrons. The highest BCUT2D eigenvalue weighted by atomic mass is 19.1. The molecule has 1 fully saturated rings. The lowest BCUT2D eigenvalue weighted by Crippen LogP contribution is -2.48. The summed E-state index contributed by atoms with van der Waals surface area (Å²) in [6.07, 6.45) is 0.779. The van der Waals surface area contributed by atoms with Crippen LogP contribution in [-0.2, 0) is 0 Å². The van der Waals surface area contributed by atoms with E-state index < -0.39 is 0 Å². The van der Waals surface area contributed by atoms with Crippen LogP contribution in [0.4, 0.5) is 10.1 Å². The minimum atomic E-state index is -0.357. The lowest BCUT2D eigenvalue weighted by Gasteiger charge is -2.44. The van der Waals surface area contributed by atoms with Crippen molar-refractivity contribution in [1.29, 1.82) is 0 Å². The summed E-state index contributed by atoms with van der Waals surface area (Å²) in [5, 5.41) is 10.2. The number of fused-ring (bicyclic) bond motifs is 4. The summed E-state index contributed by atoms with van der Waals surface area (Å²) in [4.78, 5) is 17.7. The molecule has 0 unspecified atom stereocenters. The van der Waals surface area contributed by atoms with Gasteiger partial charge in [0.25, 0.3) is 5.91 Å². The molecule has 6 nitrogen and oxygen atoms in total. The molecule has 0 radical (unpaired) electrons. The molecular weight excluding hydrogens is 459 g/mol. The number of nitrogens with zero attached hydrogens (tertiary/aromatic N) is 2. The van der Waals surface area contributed by atoms with E-state index in [2.05, 4.69) is 16.7 Å². The highest BCUT2D eigenvalue weighted by molar-refractivity contribution is 5.95. The van der Waals surface area contributed by atoms with Crippen molar-refractivity contribution in [1.82, 2.24) is 4.90 Å². The van der Waals surface area contributed by atoms with Crippen molar-refractivity contribution in [2.45, 2.75) is 18.5 Å². The van der Waals surface area contributed by atoms with Gasteiger partial charge in [-0.05, 0) is 60.5 Å². The van der Waals surface area contributed by atoms with Gasteiger partial charge in [0.15, 0.2) is 11.5 Å². The molecule has 0 aliphatic carbocycles. The number of anilines is 1. The number of likely N-dealkylation sites (tertiary alicyclic amines) is 1. The molecule has 3 aliphatic rings. The Morgan fingerprint density at radius 1 is 1.08 bits per heavy atom. The summed E-state index contributed by atoms with van der Waals surface area (Å²) in [6, 6.07) is 17.3. The second kappa shape index (κ2) is 8.89. The summed E-state index contributed by atoms with van der Waals surface area (Å²) in [5.74, 6) is 6.84. The summed E-state index contributed by atoms with van der Waals surface area (Å²) in [6.45, 7) is 0.728. The molecule has 0 bridgehead atoms. The number of hydrogen-bond acceptors (Lipinski definition) is 5. The van der Waals surface area contributed by atoms with E-state index in [1.54, 1.807) is 36.4 Å². The van der Waals surface area contributed by atoms with E-state index in [0.717, 1.165) is 23.2 Å². The van der Waals surface area contributed by atoms with Crippen LogP contribution in [0.5, 0.6) is 11.5 Å². The fourth-order valence-corrected chi connectivity index (χ4v) is 5.66. The van der Waals surface area contributed by atoms with Gasteiger partial charge in [0.05, 0.1) is 24.3 Å². The third-order valence-corrected chi connectivity index (χ3v) is 7.45. The minimum Gasteiger partial charge on any atom is -0.454 e. The quantitative estimate of drug-likeness (QED) is 0.558. The van der Waals surface area contributed by atoms with Crippen LogP contribution in [0.25, 0.3) is 0 Å². The van der Waals surface area contributed by atoms with Crippen molar-refractivity contribution >= 4 is 11.6 Å². The molecule has 0 saturated carbocycles. The van der Waals surface area contributed by atoms with Gasteiger partial charge in [-0.3, -0.25) is 4.79 Å². The third-order valence-electron chi connectivity index (χ3n) is 7.45. The van der Waals surface area contributed by atoms with E-state index in [1.165, 1.54) is 6.07 Å². The van der Waals surface area contributed by atoms with Crippen LogP contribution in [0.3, 0.4) is 0 Å². The lowest BCUT2D eigenvalue weighted by atomic mass is 9.81. The van der Waals surface area contributed by atoms with Crippen LogP contribution >= 0.6 is 0 Å². The van der Waals surface area contributed by atoms with Crippen LogP contribution < -0.4 is 14.4 Å². The first-order valence-corrected chi connectivity index (χ1v) is 12.0. The van der Waals surface area contributed by atoms with E-state index in [4.69, 9.17) is 9.47 Å². The minimum absolute atomic E-state index is 0.00198. The summed E-state index contributed by atoms with van der Waals surface area (Å²) < 4.78 is 24.9. The molecule has 6 rings (SSSR count). The number of aliphatic hydroxyl groups is 1. The van der Waals surface area contributed by atoms with Gasteiger partial charge in [-0.1, -0.05) is 24.0 Å². The largest absolute Gasteiger partial charge is 0.454 e. The first kappa shape index (κ1) is 22.4. The van der Waals surface area contributed by atoms with Gasteiger partial charge >= 0.3 is 0 Å². The van der Waals surface area contributed by atoms with Gasteiger partial charge in [-0.25, -0.2) is 4.39 Å². The molecule has 0 spiro atoms. The zero-order valence-corrected chi connectivity index (χ0v) is 19.8. The number of amides is 1. The van der Waals surface area contributed by atoms with E-state index >= 15 is 0 Å². The van der Waals surface area contributed by atoms with Crippen LogP contribution in [0.15, 0.2) is 60.7 Å². The predicted molar refractivity (Wildman–Crippen MR) is 133 cm³/mol. The standard InChI is InChI=1S/C29H25FN2O4/c1-31-24-10-7-18(6-8-19-4-2-3-5-23(19)30)14-22(24)28-21(25(31)16-33)12-13-32(28)29(34)20-9-11-26-27(15-20)36-17-35-26/h2-5,7,9-11,14-15,21,25,28,33H,12-13,16-17H2,1H3/t21-,25+,28-/m1/s1. The topological polar surface area (TPSA) is 62.2 Å². The lowest BCUT2D eigenvalue weighted by molar-refractivity contribution is 0.0693.